The van der Waals surface area contributed by atoms with Gasteiger partial charge in [-0.2, -0.15) is 0 Å². The number of benzene rings is 3. The molecule has 0 fully saturated rings. The van der Waals surface area contributed by atoms with Gasteiger partial charge in [0.25, 0.3) is 11.8 Å². The fraction of sp³-hybridized carbons (Fsp3) is 0.0909. The maximum absolute atomic E-state index is 11.9. The molecule has 2 N–H and O–H groups in total. The maximum atomic E-state index is 11.9. The van der Waals surface area contributed by atoms with Crippen molar-refractivity contribution >= 4 is 28.7 Å². The number of carbonyl (C=O) groups is 2. The molecule has 3 aromatic rings. The standard InChI is InChI=1S/C22H18N2O5/c25-21(10-6-15-5-9-19-20(11-15)29-14-28-19)23-24-22(26)13-27-18-8-7-16-3-1-2-4-17(16)12-18/h1-12H,13-14H2,(H,23,25)(H,24,26)/b10-6+. The van der Waals surface area contributed by atoms with Crippen molar-refractivity contribution in [1.29, 1.82) is 0 Å². The molecule has 4 rings (SSSR count). The molecule has 0 radical (unpaired) electrons. The van der Waals surface area contributed by atoms with Gasteiger partial charge in [-0.3, -0.25) is 20.4 Å². The molecule has 1 aliphatic heterocycles. The molecule has 1 aliphatic rings. The third-order valence-electron chi connectivity index (χ3n) is 4.24. The van der Waals surface area contributed by atoms with Gasteiger partial charge < -0.3 is 14.2 Å². The molecule has 0 spiro atoms. The molecule has 146 valence electrons. The van der Waals surface area contributed by atoms with Crippen molar-refractivity contribution < 1.29 is 23.8 Å². The van der Waals surface area contributed by atoms with Gasteiger partial charge in [0.1, 0.15) is 5.75 Å². The number of hydrogen-bond acceptors (Lipinski definition) is 5. The van der Waals surface area contributed by atoms with Crippen LogP contribution in [-0.4, -0.2) is 25.2 Å². The molecular weight excluding hydrogens is 372 g/mol. The predicted molar refractivity (Wildman–Crippen MR) is 107 cm³/mol. The molecule has 0 bridgehead atoms. The summed E-state index contributed by atoms with van der Waals surface area (Å²) >= 11 is 0. The minimum Gasteiger partial charge on any atom is -0.484 e. The maximum Gasteiger partial charge on any atom is 0.276 e. The lowest BCUT2D eigenvalue weighted by Crippen LogP contribution is -2.43. The summed E-state index contributed by atoms with van der Waals surface area (Å²) in [6, 6.07) is 18.8. The summed E-state index contributed by atoms with van der Waals surface area (Å²) in [5.41, 5.74) is 5.39. The van der Waals surface area contributed by atoms with Gasteiger partial charge in [0.05, 0.1) is 0 Å². The zero-order valence-corrected chi connectivity index (χ0v) is 15.4. The fourth-order valence-corrected chi connectivity index (χ4v) is 2.80. The monoisotopic (exact) mass is 390 g/mol. The summed E-state index contributed by atoms with van der Waals surface area (Å²) in [6.45, 7) is -0.0270. The Labute approximate surface area is 166 Å². The van der Waals surface area contributed by atoms with E-state index in [0.717, 1.165) is 16.3 Å². The Balaban J connectivity index is 1.24. The molecule has 7 nitrogen and oxygen atoms in total. The molecule has 0 atom stereocenters. The first kappa shape index (κ1) is 18.4. The number of ether oxygens (including phenoxy) is 3. The van der Waals surface area contributed by atoms with Crippen molar-refractivity contribution in [2.24, 2.45) is 0 Å². The summed E-state index contributed by atoms with van der Waals surface area (Å²) < 4.78 is 16.0. The van der Waals surface area contributed by atoms with Crippen molar-refractivity contribution in [2.75, 3.05) is 13.4 Å². The predicted octanol–water partition coefficient (Wildman–Crippen LogP) is 2.81. The SMILES string of the molecule is O=C(/C=C/c1ccc2c(c1)OCO2)NNC(=O)COc1ccc2ccccc2c1. The van der Waals surface area contributed by atoms with E-state index in [0.29, 0.717) is 17.2 Å². The Morgan fingerprint density at radius 2 is 1.76 bits per heavy atom. The zero-order valence-electron chi connectivity index (χ0n) is 15.4. The Morgan fingerprint density at radius 3 is 2.66 bits per heavy atom. The topological polar surface area (TPSA) is 85.9 Å². The average molecular weight is 390 g/mol. The molecule has 0 aromatic heterocycles. The van der Waals surface area contributed by atoms with Crippen molar-refractivity contribution in [3.8, 4) is 17.2 Å². The van der Waals surface area contributed by atoms with E-state index in [9.17, 15) is 9.59 Å². The van der Waals surface area contributed by atoms with Crippen LogP contribution in [0.1, 0.15) is 5.56 Å². The van der Waals surface area contributed by atoms with Crippen LogP contribution in [0, 0.1) is 0 Å². The van der Waals surface area contributed by atoms with Crippen LogP contribution < -0.4 is 25.1 Å². The van der Waals surface area contributed by atoms with Gasteiger partial charge in [-0.1, -0.05) is 36.4 Å². The number of nitrogens with one attached hydrogen (secondary N) is 2. The molecular formula is C22H18N2O5. The summed E-state index contributed by atoms with van der Waals surface area (Å²) in [5.74, 6) is 0.939. The number of rotatable bonds is 5. The lowest BCUT2D eigenvalue weighted by Gasteiger charge is -2.08. The van der Waals surface area contributed by atoms with Gasteiger partial charge in [-0.15, -0.1) is 0 Å². The molecule has 1 heterocycles. The Hall–Kier alpha value is -4.00. The normalized spacial score (nSPS) is 12.1. The number of amides is 2. The van der Waals surface area contributed by atoms with Gasteiger partial charge in [0.2, 0.25) is 6.79 Å². The highest BCUT2D eigenvalue weighted by atomic mass is 16.7. The lowest BCUT2D eigenvalue weighted by atomic mass is 10.1. The van der Waals surface area contributed by atoms with Crippen LogP contribution in [0.5, 0.6) is 17.2 Å². The highest BCUT2D eigenvalue weighted by Crippen LogP contribution is 2.32. The van der Waals surface area contributed by atoms with Crippen molar-refractivity contribution in [1.82, 2.24) is 10.9 Å². The second kappa shape index (κ2) is 8.35. The van der Waals surface area contributed by atoms with Crippen LogP contribution in [-0.2, 0) is 9.59 Å². The molecule has 2 amide bonds. The van der Waals surface area contributed by atoms with E-state index < -0.39 is 11.8 Å². The van der Waals surface area contributed by atoms with E-state index >= 15 is 0 Å². The van der Waals surface area contributed by atoms with E-state index in [-0.39, 0.29) is 13.4 Å². The summed E-state index contributed by atoms with van der Waals surface area (Å²) in [4.78, 5) is 23.7. The van der Waals surface area contributed by atoms with Crippen LogP contribution in [0.25, 0.3) is 16.8 Å². The number of carbonyl (C=O) groups excluding carboxylic acids is 2. The van der Waals surface area contributed by atoms with Gasteiger partial charge in [0.15, 0.2) is 18.1 Å². The molecule has 0 saturated heterocycles. The van der Waals surface area contributed by atoms with E-state index in [4.69, 9.17) is 14.2 Å². The average Bonchev–Trinajstić information content (AvgIpc) is 3.22. The van der Waals surface area contributed by atoms with Gasteiger partial charge >= 0.3 is 0 Å². The molecule has 0 aliphatic carbocycles. The number of fused-ring (bicyclic) bond motifs is 2. The first-order valence-electron chi connectivity index (χ1n) is 8.95. The fourth-order valence-electron chi connectivity index (χ4n) is 2.80. The van der Waals surface area contributed by atoms with Crippen LogP contribution in [0.4, 0.5) is 0 Å². The Bertz CT molecular complexity index is 1090. The van der Waals surface area contributed by atoms with Gasteiger partial charge in [-0.05, 0) is 46.7 Å². The number of hydrazine groups is 1. The first-order chi connectivity index (χ1) is 14.2. The van der Waals surface area contributed by atoms with Crippen LogP contribution in [0.15, 0.2) is 66.7 Å². The summed E-state index contributed by atoms with van der Waals surface area (Å²) in [6.07, 6.45) is 2.91. The molecule has 7 heteroatoms. The Kier molecular flexibility index (Phi) is 5.29. The van der Waals surface area contributed by atoms with Gasteiger partial charge in [-0.25, -0.2) is 0 Å². The van der Waals surface area contributed by atoms with Crippen LogP contribution in [0.3, 0.4) is 0 Å². The third kappa shape index (κ3) is 4.65. The quantitative estimate of drug-likeness (QED) is 0.517. The highest BCUT2D eigenvalue weighted by Gasteiger charge is 2.12. The van der Waals surface area contributed by atoms with E-state index in [1.54, 1.807) is 30.3 Å². The van der Waals surface area contributed by atoms with Crippen LogP contribution in [0.2, 0.25) is 0 Å². The van der Waals surface area contributed by atoms with Gasteiger partial charge in [0, 0.05) is 6.08 Å². The highest BCUT2D eigenvalue weighted by molar-refractivity contribution is 5.93. The number of hydrogen-bond donors (Lipinski definition) is 2. The zero-order chi connectivity index (χ0) is 20.1. The lowest BCUT2D eigenvalue weighted by molar-refractivity contribution is -0.128. The van der Waals surface area contributed by atoms with E-state index in [2.05, 4.69) is 10.9 Å². The van der Waals surface area contributed by atoms with Crippen molar-refractivity contribution in [3.63, 3.8) is 0 Å². The van der Waals surface area contributed by atoms with E-state index in [1.165, 1.54) is 6.08 Å². The van der Waals surface area contributed by atoms with Crippen LogP contribution >= 0.6 is 0 Å². The second-order valence-corrected chi connectivity index (χ2v) is 6.28. The first-order valence-corrected chi connectivity index (χ1v) is 8.95. The van der Waals surface area contributed by atoms with Crippen molar-refractivity contribution in [2.45, 2.75) is 0 Å². The third-order valence-corrected chi connectivity index (χ3v) is 4.24. The summed E-state index contributed by atoms with van der Waals surface area (Å²) in [7, 11) is 0. The van der Waals surface area contributed by atoms with E-state index in [1.807, 2.05) is 36.4 Å². The molecule has 0 saturated carbocycles. The second-order valence-electron chi connectivity index (χ2n) is 6.28. The minimum absolute atomic E-state index is 0.191. The summed E-state index contributed by atoms with van der Waals surface area (Å²) in [5, 5.41) is 2.11. The minimum atomic E-state index is -0.471. The van der Waals surface area contributed by atoms with Crippen molar-refractivity contribution in [3.05, 3.63) is 72.3 Å². The Morgan fingerprint density at radius 1 is 0.931 bits per heavy atom. The molecule has 29 heavy (non-hydrogen) atoms. The molecule has 3 aromatic carbocycles. The molecule has 0 unspecified atom stereocenters. The smallest absolute Gasteiger partial charge is 0.276 e. The largest absolute Gasteiger partial charge is 0.484 e.